The molecule has 3 aromatic rings. The van der Waals surface area contributed by atoms with Crippen LogP contribution >= 0.6 is 11.6 Å². The van der Waals surface area contributed by atoms with Crippen LogP contribution in [0.4, 0.5) is 0 Å². The largest absolute Gasteiger partial charge is 0.302 e. The predicted molar refractivity (Wildman–Crippen MR) is 84.2 cm³/mol. The van der Waals surface area contributed by atoms with Gasteiger partial charge in [-0.1, -0.05) is 35.9 Å². The molecule has 2 atom stereocenters. The zero-order chi connectivity index (χ0) is 15.0. The third-order valence-corrected chi connectivity index (χ3v) is 5.36. The van der Waals surface area contributed by atoms with Crippen LogP contribution in [0.15, 0.2) is 64.5 Å². The van der Waals surface area contributed by atoms with E-state index in [1.165, 1.54) is 10.2 Å². The lowest BCUT2D eigenvalue weighted by Crippen LogP contribution is -2.03. The van der Waals surface area contributed by atoms with Crippen LogP contribution in [0.1, 0.15) is 0 Å². The smallest absolute Gasteiger partial charge is 0.188 e. The van der Waals surface area contributed by atoms with Crippen LogP contribution < -0.4 is 0 Å². The van der Waals surface area contributed by atoms with Crippen LogP contribution in [0.5, 0.6) is 0 Å². The van der Waals surface area contributed by atoms with Crippen molar-refractivity contribution in [1.82, 2.24) is 3.97 Å². The molecule has 0 aliphatic heterocycles. The van der Waals surface area contributed by atoms with Crippen molar-refractivity contribution in [1.29, 1.82) is 0 Å². The summed E-state index contributed by atoms with van der Waals surface area (Å²) in [5, 5.41) is 0.804. The number of hydrogen-bond acceptors (Lipinski definition) is 2. The fourth-order valence-corrected chi connectivity index (χ4v) is 4.23. The first-order valence-corrected chi connectivity index (χ1v) is 8.56. The summed E-state index contributed by atoms with van der Waals surface area (Å²) in [4.78, 5) is 0.754. The molecule has 2 aromatic carbocycles. The van der Waals surface area contributed by atoms with E-state index in [0.29, 0.717) is 20.8 Å². The number of nitrogens with zero attached hydrogens (tertiary/aromatic N) is 1. The molecule has 0 saturated carbocycles. The molecule has 0 amide bonds. The maximum Gasteiger partial charge on any atom is 0.188 e. The molecule has 0 radical (unpaired) electrons. The number of aromatic nitrogens is 1. The maximum absolute atomic E-state index is 12.7. The van der Waals surface area contributed by atoms with Crippen molar-refractivity contribution in [2.45, 2.75) is 9.79 Å². The predicted octanol–water partition coefficient (Wildman–Crippen LogP) is 3.45. The number of rotatable bonds is 3. The fraction of sp³-hybridized carbons (Fsp3) is 0. The first-order chi connectivity index (χ1) is 10.1. The van der Waals surface area contributed by atoms with Gasteiger partial charge in [0, 0.05) is 11.6 Å². The molecule has 1 heterocycles. The molecule has 21 heavy (non-hydrogen) atoms. The summed E-state index contributed by atoms with van der Waals surface area (Å²) in [7, 11) is -1.51. The van der Waals surface area contributed by atoms with Crippen LogP contribution in [0.2, 0.25) is 5.02 Å². The number of halogens is 1. The molecule has 0 aliphatic carbocycles. The topological polar surface area (TPSA) is 59.3 Å². The summed E-state index contributed by atoms with van der Waals surface area (Å²) in [6, 6.07) is 14.0. The lowest BCUT2D eigenvalue weighted by Gasteiger charge is -2.05. The molecule has 7 heteroatoms. The lowest BCUT2D eigenvalue weighted by molar-refractivity contribution is 0.565. The number of benzene rings is 2. The van der Waals surface area contributed by atoms with Gasteiger partial charge in [0.1, 0.15) is 0 Å². The Hall–Kier alpha value is -1.47. The minimum absolute atomic E-state index is 0.153. The van der Waals surface area contributed by atoms with Gasteiger partial charge in [0.25, 0.3) is 0 Å². The molecule has 0 saturated heterocycles. The second-order valence-electron chi connectivity index (χ2n) is 4.26. The fourth-order valence-electron chi connectivity index (χ4n) is 2.10. The van der Waals surface area contributed by atoms with E-state index in [-0.39, 0.29) is 4.90 Å². The molecule has 3 rings (SSSR count). The van der Waals surface area contributed by atoms with Crippen molar-refractivity contribution >= 4 is 44.6 Å². The number of fused-ring (bicyclic) bond motifs is 1. The van der Waals surface area contributed by atoms with Crippen molar-refractivity contribution < 1.29 is 13.0 Å². The van der Waals surface area contributed by atoms with Crippen LogP contribution in [-0.2, 0) is 22.1 Å². The van der Waals surface area contributed by atoms with Crippen molar-refractivity contribution in [2.75, 3.05) is 0 Å². The van der Waals surface area contributed by atoms with Crippen molar-refractivity contribution in [3.63, 3.8) is 0 Å². The van der Waals surface area contributed by atoms with Gasteiger partial charge in [-0.25, -0.2) is 8.42 Å². The maximum atomic E-state index is 12.7. The van der Waals surface area contributed by atoms with Crippen molar-refractivity contribution in [3.05, 3.63) is 59.8 Å². The van der Waals surface area contributed by atoms with Crippen molar-refractivity contribution in [3.8, 4) is 0 Å². The third kappa shape index (κ3) is 2.55. The summed E-state index contributed by atoms with van der Waals surface area (Å²) >= 11 is 3.91. The molecule has 2 unspecified atom stereocenters. The Bertz CT molecular complexity index is 861. The molecule has 0 spiro atoms. The van der Waals surface area contributed by atoms with Gasteiger partial charge < -0.3 is 4.55 Å². The van der Waals surface area contributed by atoms with Gasteiger partial charge in [-0.2, -0.15) is 0 Å². The van der Waals surface area contributed by atoms with E-state index in [4.69, 9.17) is 11.6 Å². The summed E-state index contributed by atoms with van der Waals surface area (Å²) < 4.78 is 35.0. The van der Waals surface area contributed by atoms with E-state index in [1.807, 2.05) is 6.07 Å². The second-order valence-corrected chi connectivity index (χ2v) is 6.97. The zero-order valence-corrected chi connectivity index (χ0v) is 13.0. The molecule has 1 N–H and O–H groups in total. The Morgan fingerprint density at radius 3 is 2.38 bits per heavy atom. The Morgan fingerprint density at radius 2 is 1.71 bits per heavy atom. The zero-order valence-electron chi connectivity index (χ0n) is 10.6. The van der Waals surface area contributed by atoms with Gasteiger partial charge >= 0.3 is 0 Å². The highest BCUT2D eigenvalue weighted by Crippen LogP contribution is 2.31. The molecule has 0 bridgehead atoms. The van der Waals surface area contributed by atoms with E-state index >= 15 is 0 Å². The van der Waals surface area contributed by atoms with Gasteiger partial charge in [0.05, 0.1) is 20.3 Å². The van der Waals surface area contributed by atoms with Gasteiger partial charge in [-0.05, 0) is 24.3 Å². The average molecular weight is 340 g/mol. The SMILES string of the molecule is O=S(O)c1cn(S(=O)c2ccccc2)c2cccc(Cl)c12. The van der Waals surface area contributed by atoms with E-state index in [2.05, 4.69) is 0 Å². The Labute approximate surface area is 131 Å². The van der Waals surface area contributed by atoms with Gasteiger partial charge in [0.15, 0.2) is 22.1 Å². The summed E-state index contributed by atoms with van der Waals surface area (Å²) in [5.41, 5.74) is 0.557. The van der Waals surface area contributed by atoms with E-state index in [0.717, 1.165) is 0 Å². The quantitative estimate of drug-likeness (QED) is 0.743. The molecule has 0 aliphatic rings. The van der Waals surface area contributed by atoms with Crippen LogP contribution in [0, 0.1) is 0 Å². The summed E-state index contributed by atoms with van der Waals surface area (Å²) in [6.45, 7) is 0. The van der Waals surface area contributed by atoms with Crippen LogP contribution in [0.25, 0.3) is 10.9 Å². The molecule has 108 valence electrons. The molecule has 4 nitrogen and oxygen atoms in total. The highest BCUT2D eigenvalue weighted by atomic mass is 35.5. The first-order valence-electron chi connectivity index (χ1n) is 5.97. The lowest BCUT2D eigenvalue weighted by atomic mass is 10.2. The minimum Gasteiger partial charge on any atom is -0.302 e. The normalized spacial score (nSPS) is 14.2. The summed E-state index contributed by atoms with van der Waals surface area (Å²) in [6.07, 6.45) is 1.41. The average Bonchev–Trinajstić information content (AvgIpc) is 2.88. The van der Waals surface area contributed by atoms with E-state index in [9.17, 15) is 13.0 Å². The van der Waals surface area contributed by atoms with Gasteiger partial charge in [-0.15, -0.1) is 0 Å². The highest BCUT2D eigenvalue weighted by Gasteiger charge is 2.18. The van der Waals surface area contributed by atoms with Gasteiger partial charge in [-0.3, -0.25) is 3.97 Å². The molecule has 0 fully saturated rings. The summed E-state index contributed by atoms with van der Waals surface area (Å²) in [5.74, 6) is 0. The van der Waals surface area contributed by atoms with E-state index < -0.39 is 22.1 Å². The molecule has 1 aromatic heterocycles. The highest BCUT2D eigenvalue weighted by molar-refractivity contribution is 7.84. The standard InChI is InChI=1S/C14H10ClNO3S2/c15-11-7-4-8-12-14(11)13(21(18)19)9-16(12)20(17)10-5-2-1-3-6-10/h1-9H,(H,18,19). The monoisotopic (exact) mass is 339 g/mol. The van der Waals surface area contributed by atoms with Crippen LogP contribution in [0.3, 0.4) is 0 Å². The van der Waals surface area contributed by atoms with Crippen molar-refractivity contribution in [2.24, 2.45) is 0 Å². The second kappa shape index (κ2) is 5.73. The van der Waals surface area contributed by atoms with E-state index in [1.54, 1.807) is 42.5 Å². The molecular formula is C14H10ClNO3S2. The van der Waals surface area contributed by atoms with Crippen LogP contribution in [-0.4, -0.2) is 16.9 Å². The Kier molecular flexibility index (Phi) is 3.95. The Balaban J connectivity index is 2.27. The first kappa shape index (κ1) is 14.5. The minimum atomic E-state index is -2.21. The van der Waals surface area contributed by atoms with Gasteiger partial charge in [0.2, 0.25) is 0 Å². The molecular weight excluding hydrogens is 330 g/mol. The third-order valence-electron chi connectivity index (χ3n) is 3.02. The number of hydrogen-bond donors (Lipinski definition) is 1. The Morgan fingerprint density at radius 1 is 1.00 bits per heavy atom.